The van der Waals surface area contributed by atoms with Crippen molar-refractivity contribution in [3.05, 3.63) is 36.0 Å². The van der Waals surface area contributed by atoms with Crippen LogP contribution in [0.3, 0.4) is 0 Å². The Hall–Kier alpha value is -1.52. The van der Waals surface area contributed by atoms with Crippen LogP contribution in [0.1, 0.15) is 11.7 Å². The number of aliphatic hydroxyl groups excluding tert-OH is 1. The highest BCUT2D eigenvalue weighted by Gasteiger charge is 2.09. The molecule has 0 aliphatic rings. The average Bonchev–Trinajstić information content (AvgIpc) is 2.27. The number of benzene rings is 1. The normalized spacial score (nSPS) is 13.0. The van der Waals surface area contributed by atoms with E-state index in [-0.39, 0.29) is 6.54 Å². The maximum Gasteiger partial charge on any atom is 0.0934 e. The number of aromatic nitrogens is 2. The summed E-state index contributed by atoms with van der Waals surface area (Å²) in [4.78, 5) is 0. The maximum atomic E-state index is 9.63. The second kappa shape index (κ2) is 3.69. The first kappa shape index (κ1) is 9.05. The minimum Gasteiger partial charge on any atom is -0.387 e. The predicted octanol–water partition coefficient (Wildman–Crippen LogP) is 0.622. The zero-order valence-electron chi connectivity index (χ0n) is 7.59. The number of aliphatic hydroxyl groups is 1. The van der Waals surface area contributed by atoms with Crippen molar-refractivity contribution < 1.29 is 5.11 Å². The number of nitrogens with zero attached hydrogens (tertiary/aromatic N) is 2. The molecule has 0 aliphatic heterocycles. The van der Waals surface area contributed by atoms with Gasteiger partial charge in [-0.25, -0.2) is 0 Å². The lowest BCUT2D eigenvalue weighted by Gasteiger charge is -2.09. The van der Waals surface area contributed by atoms with Crippen LogP contribution in [0.25, 0.3) is 10.9 Å². The number of hydrogen-bond acceptors (Lipinski definition) is 4. The number of fused-ring (bicyclic) bond motifs is 1. The van der Waals surface area contributed by atoms with E-state index in [0.717, 1.165) is 16.5 Å². The molecule has 0 fully saturated rings. The molecule has 3 N–H and O–H groups in total. The minimum absolute atomic E-state index is 0.190. The summed E-state index contributed by atoms with van der Waals surface area (Å²) in [6, 6.07) is 7.54. The molecular weight excluding hydrogens is 178 g/mol. The van der Waals surface area contributed by atoms with Gasteiger partial charge < -0.3 is 10.8 Å². The van der Waals surface area contributed by atoms with Gasteiger partial charge in [0.1, 0.15) is 0 Å². The topological polar surface area (TPSA) is 72.0 Å². The van der Waals surface area contributed by atoms with Crippen molar-refractivity contribution in [2.45, 2.75) is 6.10 Å². The Labute approximate surface area is 81.4 Å². The Morgan fingerprint density at radius 1 is 1.36 bits per heavy atom. The highest BCUT2D eigenvalue weighted by Crippen LogP contribution is 2.20. The second-order valence-electron chi connectivity index (χ2n) is 3.07. The van der Waals surface area contributed by atoms with Crippen LogP contribution in [-0.2, 0) is 0 Å². The quantitative estimate of drug-likeness (QED) is 0.726. The average molecular weight is 189 g/mol. The zero-order chi connectivity index (χ0) is 9.97. The van der Waals surface area contributed by atoms with Gasteiger partial charge in [0.15, 0.2) is 0 Å². The van der Waals surface area contributed by atoms with Gasteiger partial charge in [0, 0.05) is 17.5 Å². The number of nitrogens with two attached hydrogens (primary N) is 1. The van der Waals surface area contributed by atoms with Crippen LogP contribution >= 0.6 is 0 Å². The third-order valence-corrected chi connectivity index (χ3v) is 2.16. The van der Waals surface area contributed by atoms with E-state index in [4.69, 9.17) is 5.73 Å². The smallest absolute Gasteiger partial charge is 0.0934 e. The third kappa shape index (κ3) is 1.45. The largest absolute Gasteiger partial charge is 0.387 e. The van der Waals surface area contributed by atoms with Crippen molar-refractivity contribution in [2.75, 3.05) is 6.54 Å². The van der Waals surface area contributed by atoms with Gasteiger partial charge in [0.05, 0.1) is 17.8 Å². The fourth-order valence-electron chi connectivity index (χ4n) is 1.42. The monoisotopic (exact) mass is 189 g/mol. The Morgan fingerprint density at radius 2 is 2.14 bits per heavy atom. The minimum atomic E-state index is -0.671. The lowest BCUT2D eigenvalue weighted by Crippen LogP contribution is -2.12. The van der Waals surface area contributed by atoms with E-state index < -0.39 is 6.10 Å². The molecule has 1 aromatic carbocycles. The van der Waals surface area contributed by atoms with Crippen molar-refractivity contribution in [3.63, 3.8) is 0 Å². The summed E-state index contributed by atoms with van der Waals surface area (Å²) in [7, 11) is 0. The Kier molecular flexibility index (Phi) is 2.39. The molecule has 0 saturated carbocycles. The van der Waals surface area contributed by atoms with Crippen LogP contribution in [0, 0.1) is 0 Å². The van der Waals surface area contributed by atoms with E-state index in [2.05, 4.69) is 10.2 Å². The molecule has 0 spiro atoms. The highest BCUT2D eigenvalue weighted by atomic mass is 16.3. The lowest BCUT2D eigenvalue weighted by molar-refractivity contribution is 0.188. The predicted molar refractivity (Wildman–Crippen MR) is 53.6 cm³/mol. The third-order valence-electron chi connectivity index (χ3n) is 2.16. The fourth-order valence-corrected chi connectivity index (χ4v) is 1.42. The fraction of sp³-hybridized carbons (Fsp3) is 0.200. The molecule has 4 nitrogen and oxygen atoms in total. The maximum absolute atomic E-state index is 9.63. The molecule has 0 radical (unpaired) electrons. The van der Waals surface area contributed by atoms with E-state index in [0.29, 0.717) is 0 Å². The summed E-state index contributed by atoms with van der Waals surface area (Å²) in [6.45, 7) is 0.190. The second-order valence-corrected chi connectivity index (χ2v) is 3.07. The molecular formula is C10H11N3O. The summed E-state index contributed by atoms with van der Waals surface area (Å²) in [6.07, 6.45) is 0.884. The van der Waals surface area contributed by atoms with Crippen molar-refractivity contribution >= 4 is 10.9 Å². The SMILES string of the molecule is NCC(O)c1cnnc2ccccc12. The van der Waals surface area contributed by atoms with E-state index in [1.807, 2.05) is 24.3 Å². The molecule has 72 valence electrons. The first-order valence-electron chi connectivity index (χ1n) is 4.41. The first-order chi connectivity index (χ1) is 6.83. The molecule has 1 heterocycles. The van der Waals surface area contributed by atoms with E-state index >= 15 is 0 Å². The van der Waals surface area contributed by atoms with Gasteiger partial charge >= 0.3 is 0 Å². The molecule has 2 aromatic rings. The van der Waals surface area contributed by atoms with E-state index in [1.54, 1.807) is 6.20 Å². The van der Waals surface area contributed by atoms with E-state index in [1.165, 1.54) is 0 Å². The summed E-state index contributed by atoms with van der Waals surface area (Å²) in [5.41, 5.74) is 6.91. The van der Waals surface area contributed by atoms with Crippen LogP contribution in [-0.4, -0.2) is 21.8 Å². The zero-order valence-corrected chi connectivity index (χ0v) is 7.59. The van der Waals surface area contributed by atoms with Crippen LogP contribution in [0.5, 0.6) is 0 Å². The van der Waals surface area contributed by atoms with Gasteiger partial charge in [-0.15, -0.1) is 0 Å². The molecule has 0 aliphatic carbocycles. The summed E-state index contributed by atoms with van der Waals surface area (Å²) in [5, 5.41) is 18.3. The van der Waals surface area contributed by atoms with Gasteiger partial charge in [-0.05, 0) is 6.07 Å². The Bertz CT molecular complexity index is 439. The Balaban J connectivity index is 2.65. The number of rotatable bonds is 2. The van der Waals surface area contributed by atoms with Crippen LogP contribution in [0.2, 0.25) is 0 Å². The Morgan fingerprint density at radius 3 is 2.93 bits per heavy atom. The standard InChI is InChI=1S/C10H11N3O/c11-5-10(14)8-6-12-13-9-4-2-1-3-7(8)9/h1-4,6,10,14H,5,11H2. The van der Waals surface area contributed by atoms with Crippen molar-refractivity contribution in [3.8, 4) is 0 Å². The summed E-state index contributed by atoms with van der Waals surface area (Å²) in [5.74, 6) is 0. The van der Waals surface area contributed by atoms with Gasteiger partial charge in [-0.3, -0.25) is 0 Å². The molecule has 0 bridgehead atoms. The molecule has 1 aromatic heterocycles. The molecule has 0 saturated heterocycles. The van der Waals surface area contributed by atoms with Crippen molar-refractivity contribution in [1.82, 2.24) is 10.2 Å². The van der Waals surface area contributed by atoms with Crippen molar-refractivity contribution in [1.29, 1.82) is 0 Å². The molecule has 14 heavy (non-hydrogen) atoms. The van der Waals surface area contributed by atoms with Crippen molar-refractivity contribution in [2.24, 2.45) is 5.73 Å². The van der Waals surface area contributed by atoms with Gasteiger partial charge in [0.2, 0.25) is 0 Å². The molecule has 1 atom stereocenters. The highest BCUT2D eigenvalue weighted by molar-refractivity contribution is 5.81. The lowest BCUT2D eigenvalue weighted by atomic mass is 10.1. The van der Waals surface area contributed by atoms with Gasteiger partial charge in [0.25, 0.3) is 0 Å². The number of hydrogen-bond donors (Lipinski definition) is 2. The van der Waals surface area contributed by atoms with E-state index in [9.17, 15) is 5.11 Å². The summed E-state index contributed by atoms with van der Waals surface area (Å²) < 4.78 is 0. The van der Waals surface area contributed by atoms with Crippen LogP contribution in [0.4, 0.5) is 0 Å². The van der Waals surface area contributed by atoms with Crippen LogP contribution in [0.15, 0.2) is 30.5 Å². The van der Waals surface area contributed by atoms with Gasteiger partial charge in [-0.2, -0.15) is 10.2 Å². The molecule has 4 heteroatoms. The first-order valence-corrected chi connectivity index (χ1v) is 4.41. The molecule has 0 amide bonds. The molecule has 2 rings (SSSR count). The molecule has 1 unspecified atom stereocenters. The summed E-state index contributed by atoms with van der Waals surface area (Å²) >= 11 is 0. The van der Waals surface area contributed by atoms with Crippen LogP contribution < -0.4 is 5.73 Å². The van der Waals surface area contributed by atoms with Gasteiger partial charge in [-0.1, -0.05) is 18.2 Å².